The third-order valence-electron chi connectivity index (χ3n) is 2.04. The van der Waals surface area contributed by atoms with Gasteiger partial charge in [0.05, 0.1) is 0 Å². The molecule has 0 amide bonds. The molecule has 0 radical (unpaired) electrons. The van der Waals surface area contributed by atoms with Gasteiger partial charge in [-0.15, -0.1) is 5.10 Å². The molecule has 0 aliphatic rings. The van der Waals surface area contributed by atoms with Gasteiger partial charge in [0.2, 0.25) is 0 Å². The number of halogens is 2. The van der Waals surface area contributed by atoms with Gasteiger partial charge in [0, 0.05) is 12.5 Å². The second-order valence-electron chi connectivity index (χ2n) is 3.14. The maximum atomic E-state index is 13.4. The highest BCUT2D eigenvalue weighted by Gasteiger charge is 2.12. The minimum absolute atomic E-state index is 0.106. The van der Waals surface area contributed by atoms with Crippen LogP contribution in [-0.4, -0.2) is 26.8 Å². The standard InChI is InChI=1S/C9H9F2N5/c10-6-1-2-8(7(11)5-6)16-9(3-4-12)13-14-15-16/h1-2,5H,3-4,12H2. The molecule has 2 N–H and O–H groups in total. The molecule has 0 saturated heterocycles. The van der Waals surface area contributed by atoms with Gasteiger partial charge in [0.1, 0.15) is 11.5 Å². The number of nitrogens with two attached hydrogens (primary N) is 1. The van der Waals surface area contributed by atoms with Gasteiger partial charge in [-0.3, -0.25) is 0 Å². The highest BCUT2D eigenvalue weighted by Crippen LogP contribution is 2.14. The van der Waals surface area contributed by atoms with E-state index < -0.39 is 11.6 Å². The van der Waals surface area contributed by atoms with Gasteiger partial charge >= 0.3 is 0 Å². The van der Waals surface area contributed by atoms with E-state index in [1.807, 2.05) is 0 Å². The molecule has 2 aromatic rings. The Morgan fingerprint density at radius 3 is 2.81 bits per heavy atom. The first kappa shape index (κ1) is 10.6. The Bertz CT molecular complexity index is 496. The predicted molar refractivity (Wildman–Crippen MR) is 51.8 cm³/mol. The molecule has 84 valence electrons. The smallest absolute Gasteiger partial charge is 0.158 e. The third-order valence-corrected chi connectivity index (χ3v) is 2.04. The monoisotopic (exact) mass is 225 g/mol. The summed E-state index contributed by atoms with van der Waals surface area (Å²) in [7, 11) is 0. The maximum absolute atomic E-state index is 13.4. The van der Waals surface area contributed by atoms with Crippen molar-refractivity contribution in [3.8, 4) is 5.69 Å². The van der Waals surface area contributed by atoms with E-state index in [1.165, 1.54) is 10.7 Å². The Morgan fingerprint density at radius 2 is 2.12 bits per heavy atom. The van der Waals surface area contributed by atoms with E-state index in [2.05, 4.69) is 15.5 Å². The third kappa shape index (κ3) is 1.89. The molecular weight excluding hydrogens is 216 g/mol. The molecule has 2 rings (SSSR count). The minimum atomic E-state index is -0.717. The van der Waals surface area contributed by atoms with Crippen molar-refractivity contribution in [1.82, 2.24) is 20.2 Å². The number of nitrogens with zero attached hydrogens (tertiary/aromatic N) is 4. The molecule has 1 aromatic carbocycles. The Balaban J connectivity index is 2.46. The quantitative estimate of drug-likeness (QED) is 0.823. The Labute approximate surface area is 89.9 Å². The molecule has 16 heavy (non-hydrogen) atoms. The van der Waals surface area contributed by atoms with Crippen LogP contribution in [0.15, 0.2) is 18.2 Å². The van der Waals surface area contributed by atoms with Crippen molar-refractivity contribution in [2.75, 3.05) is 6.54 Å². The average molecular weight is 225 g/mol. The number of hydrogen-bond acceptors (Lipinski definition) is 4. The molecule has 7 heteroatoms. The van der Waals surface area contributed by atoms with Gasteiger partial charge in [-0.05, 0) is 29.1 Å². The topological polar surface area (TPSA) is 69.6 Å². The summed E-state index contributed by atoms with van der Waals surface area (Å²) in [6.07, 6.45) is 0.420. The molecule has 0 unspecified atom stereocenters. The zero-order valence-electron chi connectivity index (χ0n) is 8.27. The van der Waals surface area contributed by atoms with Crippen LogP contribution in [0.3, 0.4) is 0 Å². The fraction of sp³-hybridized carbons (Fsp3) is 0.222. The summed E-state index contributed by atoms with van der Waals surface area (Å²) < 4.78 is 27.4. The summed E-state index contributed by atoms with van der Waals surface area (Å²) >= 11 is 0. The van der Waals surface area contributed by atoms with E-state index in [-0.39, 0.29) is 5.69 Å². The molecule has 0 fully saturated rings. The number of rotatable bonds is 3. The van der Waals surface area contributed by atoms with E-state index in [9.17, 15) is 8.78 Å². The summed E-state index contributed by atoms with van der Waals surface area (Å²) in [5, 5.41) is 10.8. The van der Waals surface area contributed by atoms with Crippen LogP contribution in [0.4, 0.5) is 8.78 Å². The molecule has 0 spiro atoms. The predicted octanol–water partition coefficient (Wildman–Crippen LogP) is 0.442. The van der Waals surface area contributed by atoms with Crippen LogP contribution in [-0.2, 0) is 6.42 Å². The molecule has 0 bridgehead atoms. The minimum Gasteiger partial charge on any atom is -0.330 e. The number of tetrazole rings is 1. The second-order valence-corrected chi connectivity index (χ2v) is 3.14. The molecule has 0 atom stereocenters. The normalized spacial score (nSPS) is 10.7. The Hall–Kier alpha value is -1.89. The molecule has 5 nitrogen and oxygen atoms in total. The number of hydrogen-bond donors (Lipinski definition) is 1. The van der Waals surface area contributed by atoms with Gasteiger partial charge < -0.3 is 5.73 Å². The molecule has 1 aromatic heterocycles. The molecular formula is C9H9F2N5. The summed E-state index contributed by atoms with van der Waals surface area (Å²) in [6.45, 7) is 0.350. The zero-order chi connectivity index (χ0) is 11.5. The van der Waals surface area contributed by atoms with Crippen LogP contribution in [0.5, 0.6) is 0 Å². The highest BCUT2D eigenvalue weighted by molar-refractivity contribution is 5.33. The molecule has 0 saturated carbocycles. The average Bonchev–Trinajstić information content (AvgIpc) is 2.67. The van der Waals surface area contributed by atoms with Crippen molar-refractivity contribution in [2.24, 2.45) is 5.73 Å². The second kappa shape index (κ2) is 4.31. The van der Waals surface area contributed by atoms with Crippen molar-refractivity contribution < 1.29 is 8.78 Å². The summed E-state index contributed by atoms with van der Waals surface area (Å²) in [5.74, 6) is -0.923. The maximum Gasteiger partial charge on any atom is 0.158 e. The van der Waals surface area contributed by atoms with E-state index in [4.69, 9.17) is 5.73 Å². The first-order valence-corrected chi connectivity index (χ1v) is 4.65. The van der Waals surface area contributed by atoms with Crippen LogP contribution < -0.4 is 5.73 Å². The van der Waals surface area contributed by atoms with Crippen LogP contribution in [0, 0.1) is 11.6 Å². The zero-order valence-corrected chi connectivity index (χ0v) is 8.27. The molecule has 1 heterocycles. The van der Waals surface area contributed by atoms with Gasteiger partial charge in [-0.1, -0.05) is 0 Å². The van der Waals surface area contributed by atoms with Gasteiger partial charge in [0.25, 0.3) is 0 Å². The van der Waals surface area contributed by atoms with Crippen molar-refractivity contribution in [1.29, 1.82) is 0 Å². The largest absolute Gasteiger partial charge is 0.330 e. The van der Waals surface area contributed by atoms with Gasteiger partial charge in [0.15, 0.2) is 11.6 Å². The first-order chi connectivity index (χ1) is 7.72. The lowest BCUT2D eigenvalue weighted by atomic mass is 10.3. The highest BCUT2D eigenvalue weighted by atomic mass is 19.1. The SMILES string of the molecule is NCCc1nnnn1-c1ccc(F)cc1F. The van der Waals surface area contributed by atoms with E-state index in [0.717, 1.165) is 12.1 Å². The van der Waals surface area contributed by atoms with Crippen LogP contribution in [0.25, 0.3) is 5.69 Å². The van der Waals surface area contributed by atoms with E-state index >= 15 is 0 Å². The molecule has 0 aliphatic heterocycles. The Morgan fingerprint density at radius 1 is 1.31 bits per heavy atom. The first-order valence-electron chi connectivity index (χ1n) is 4.65. The fourth-order valence-corrected chi connectivity index (χ4v) is 1.33. The van der Waals surface area contributed by atoms with E-state index in [0.29, 0.717) is 18.8 Å². The van der Waals surface area contributed by atoms with Crippen LogP contribution in [0.1, 0.15) is 5.82 Å². The fourth-order valence-electron chi connectivity index (χ4n) is 1.33. The molecule has 0 aliphatic carbocycles. The van der Waals surface area contributed by atoms with Crippen molar-refractivity contribution >= 4 is 0 Å². The summed E-state index contributed by atoms with van der Waals surface area (Å²) in [5.41, 5.74) is 5.47. The van der Waals surface area contributed by atoms with E-state index in [1.54, 1.807) is 0 Å². The van der Waals surface area contributed by atoms with Crippen molar-refractivity contribution in [3.63, 3.8) is 0 Å². The summed E-state index contributed by atoms with van der Waals surface area (Å²) in [4.78, 5) is 0. The lowest BCUT2D eigenvalue weighted by Gasteiger charge is -2.04. The van der Waals surface area contributed by atoms with Gasteiger partial charge in [-0.25, -0.2) is 8.78 Å². The number of benzene rings is 1. The van der Waals surface area contributed by atoms with Crippen molar-refractivity contribution in [2.45, 2.75) is 6.42 Å². The van der Waals surface area contributed by atoms with Crippen LogP contribution in [0.2, 0.25) is 0 Å². The van der Waals surface area contributed by atoms with Crippen molar-refractivity contribution in [3.05, 3.63) is 35.7 Å². The summed E-state index contributed by atoms with van der Waals surface area (Å²) in [6, 6.07) is 3.20. The lowest BCUT2D eigenvalue weighted by Crippen LogP contribution is -2.11. The van der Waals surface area contributed by atoms with Crippen LogP contribution >= 0.6 is 0 Å². The Kier molecular flexibility index (Phi) is 2.86. The number of aromatic nitrogens is 4. The lowest BCUT2D eigenvalue weighted by molar-refractivity contribution is 0.569. The van der Waals surface area contributed by atoms with Gasteiger partial charge in [-0.2, -0.15) is 4.68 Å².